The molecule has 0 radical (unpaired) electrons. The second-order valence-corrected chi connectivity index (χ2v) is 7.68. The van der Waals surface area contributed by atoms with Gasteiger partial charge in [0.05, 0.1) is 6.54 Å². The number of amides is 1. The van der Waals surface area contributed by atoms with Crippen molar-refractivity contribution in [1.29, 1.82) is 0 Å². The number of halogens is 1. The molecular weight excluding hydrogens is 370 g/mol. The Morgan fingerprint density at radius 3 is 2.32 bits per heavy atom. The Morgan fingerprint density at radius 2 is 1.54 bits per heavy atom. The average molecular weight is 394 g/mol. The molecule has 4 nitrogen and oxygen atoms in total. The maximum Gasteiger partial charge on any atom is 0.238 e. The Labute approximate surface area is 170 Å². The highest BCUT2D eigenvalue weighted by Crippen LogP contribution is 2.20. The Bertz CT molecular complexity index is 944. The van der Waals surface area contributed by atoms with E-state index in [2.05, 4.69) is 57.6 Å². The summed E-state index contributed by atoms with van der Waals surface area (Å²) in [6.07, 6.45) is 0. The van der Waals surface area contributed by atoms with E-state index in [1.54, 1.807) is 12.1 Å². The van der Waals surface area contributed by atoms with Crippen LogP contribution in [0.4, 0.5) is 5.69 Å². The van der Waals surface area contributed by atoms with E-state index < -0.39 is 0 Å². The third-order valence-electron chi connectivity index (χ3n) is 5.23. The molecule has 1 heterocycles. The van der Waals surface area contributed by atoms with Crippen molar-refractivity contribution in [3.63, 3.8) is 0 Å². The van der Waals surface area contributed by atoms with Crippen LogP contribution in [-0.4, -0.2) is 48.4 Å². The summed E-state index contributed by atoms with van der Waals surface area (Å²) < 4.78 is 0. The van der Waals surface area contributed by atoms with E-state index in [-0.39, 0.29) is 5.91 Å². The number of carbonyl (C=O) groups is 1. The van der Waals surface area contributed by atoms with Crippen molar-refractivity contribution in [3.05, 3.63) is 77.3 Å². The fraction of sp³-hybridized carbons (Fsp3) is 0.261. The molecule has 1 fully saturated rings. The Kier molecular flexibility index (Phi) is 5.91. The van der Waals surface area contributed by atoms with Crippen molar-refractivity contribution in [3.8, 4) is 0 Å². The molecular formula is C23H24ClN3O. The summed E-state index contributed by atoms with van der Waals surface area (Å²) in [7, 11) is 0. The molecule has 0 atom stereocenters. The molecule has 3 aromatic carbocycles. The lowest BCUT2D eigenvalue weighted by Crippen LogP contribution is -2.48. The van der Waals surface area contributed by atoms with Crippen molar-refractivity contribution in [2.75, 3.05) is 38.0 Å². The van der Waals surface area contributed by atoms with Crippen LogP contribution in [0.1, 0.15) is 5.56 Å². The van der Waals surface area contributed by atoms with Gasteiger partial charge >= 0.3 is 0 Å². The van der Waals surface area contributed by atoms with Gasteiger partial charge in [-0.2, -0.15) is 0 Å². The van der Waals surface area contributed by atoms with Crippen molar-refractivity contribution in [1.82, 2.24) is 9.80 Å². The van der Waals surface area contributed by atoms with Gasteiger partial charge in [-0.05, 0) is 40.6 Å². The molecule has 0 aromatic heterocycles. The smallest absolute Gasteiger partial charge is 0.238 e. The van der Waals surface area contributed by atoms with Gasteiger partial charge in [-0.15, -0.1) is 0 Å². The Balaban J connectivity index is 1.28. The molecule has 0 unspecified atom stereocenters. The van der Waals surface area contributed by atoms with Crippen LogP contribution in [0.2, 0.25) is 5.02 Å². The van der Waals surface area contributed by atoms with Gasteiger partial charge in [0.1, 0.15) is 0 Å². The summed E-state index contributed by atoms with van der Waals surface area (Å²) in [5.74, 6) is 0.0184. The second-order valence-electron chi connectivity index (χ2n) is 7.25. The predicted molar refractivity (Wildman–Crippen MR) is 116 cm³/mol. The summed E-state index contributed by atoms with van der Waals surface area (Å²) in [5, 5.41) is 6.22. The molecule has 1 aliphatic rings. The van der Waals surface area contributed by atoms with Gasteiger partial charge in [-0.25, -0.2) is 0 Å². The first-order valence-electron chi connectivity index (χ1n) is 9.64. The Morgan fingerprint density at radius 1 is 0.857 bits per heavy atom. The number of piperazine rings is 1. The zero-order valence-corrected chi connectivity index (χ0v) is 16.5. The number of nitrogens with one attached hydrogen (secondary N) is 1. The van der Waals surface area contributed by atoms with Crippen molar-refractivity contribution >= 4 is 34.0 Å². The fourth-order valence-electron chi connectivity index (χ4n) is 3.71. The first-order chi connectivity index (χ1) is 13.7. The summed E-state index contributed by atoms with van der Waals surface area (Å²) in [4.78, 5) is 17.0. The monoisotopic (exact) mass is 393 g/mol. The van der Waals surface area contributed by atoms with E-state index in [4.69, 9.17) is 11.6 Å². The van der Waals surface area contributed by atoms with E-state index in [1.165, 1.54) is 16.3 Å². The molecule has 1 aliphatic heterocycles. The molecule has 28 heavy (non-hydrogen) atoms. The lowest BCUT2D eigenvalue weighted by molar-refractivity contribution is -0.117. The first kappa shape index (κ1) is 18.9. The third-order valence-corrected chi connectivity index (χ3v) is 5.49. The molecule has 1 N–H and O–H groups in total. The largest absolute Gasteiger partial charge is 0.325 e. The number of fused-ring (bicyclic) bond motifs is 1. The van der Waals surface area contributed by atoms with Crippen molar-refractivity contribution in [2.45, 2.75) is 6.54 Å². The minimum absolute atomic E-state index is 0.0184. The number of carbonyl (C=O) groups excluding carboxylic acids is 1. The van der Waals surface area contributed by atoms with Crippen LogP contribution in [0.15, 0.2) is 66.7 Å². The second kappa shape index (κ2) is 8.74. The highest BCUT2D eigenvalue weighted by Gasteiger charge is 2.19. The van der Waals surface area contributed by atoms with E-state index >= 15 is 0 Å². The summed E-state index contributed by atoms with van der Waals surface area (Å²) in [5.41, 5.74) is 2.15. The summed E-state index contributed by atoms with van der Waals surface area (Å²) in [6, 6.07) is 22.3. The molecule has 1 amide bonds. The highest BCUT2D eigenvalue weighted by molar-refractivity contribution is 6.30. The molecule has 5 heteroatoms. The van der Waals surface area contributed by atoms with E-state index in [9.17, 15) is 4.79 Å². The molecule has 1 saturated heterocycles. The number of benzene rings is 3. The summed E-state index contributed by atoms with van der Waals surface area (Å²) >= 11 is 5.88. The maximum atomic E-state index is 12.3. The molecule has 0 saturated carbocycles. The van der Waals surface area contributed by atoms with Crippen LogP contribution in [-0.2, 0) is 11.3 Å². The van der Waals surface area contributed by atoms with Crippen LogP contribution in [0.3, 0.4) is 0 Å². The Hall–Kier alpha value is -2.40. The van der Waals surface area contributed by atoms with Crippen LogP contribution in [0.25, 0.3) is 10.8 Å². The van der Waals surface area contributed by atoms with Crippen molar-refractivity contribution in [2.24, 2.45) is 0 Å². The van der Waals surface area contributed by atoms with Gasteiger partial charge < -0.3 is 5.32 Å². The van der Waals surface area contributed by atoms with Crippen LogP contribution < -0.4 is 5.32 Å². The van der Waals surface area contributed by atoms with Gasteiger partial charge in [0, 0.05) is 43.4 Å². The standard InChI is InChI=1S/C23H24ClN3O/c24-20-8-10-21(11-9-20)25-23(28)17-27-14-12-26(13-15-27)16-19-6-3-5-18-4-1-2-7-22(18)19/h1-11H,12-17H2,(H,25,28). The fourth-order valence-corrected chi connectivity index (χ4v) is 3.84. The maximum absolute atomic E-state index is 12.3. The minimum Gasteiger partial charge on any atom is -0.325 e. The van der Waals surface area contributed by atoms with E-state index in [0.717, 1.165) is 38.4 Å². The van der Waals surface area contributed by atoms with Crippen LogP contribution >= 0.6 is 11.6 Å². The zero-order valence-electron chi connectivity index (χ0n) is 15.8. The van der Waals surface area contributed by atoms with Crippen LogP contribution in [0, 0.1) is 0 Å². The van der Waals surface area contributed by atoms with Gasteiger partial charge in [0.15, 0.2) is 0 Å². The zero-order chi connectivity index (χ0) is 19.3. The van der Waals surface area contributed by atoms with E-state index in [0.29, 0.717) is 11.6 Å². The summed E-state index contributed by atoms with van der Waals surface area (Å²) in [6.45, 7) is 5.11. The molecule has 3 aromatic rings. The lowest BCUT2D eigenvalue weighted by Gasteiger charge is -2.34. The SMILES string of the molecule is O=C(CN1CCN(Cc2cccc3ccccc23)CC1)Nc1ccc(Cl)cc1. The minimum atomic E-state index is 0.0184. The predicted octanol–water partition coefficient (Wildman–Crippen LogP) is 4.25. The lowest BCUT2D eigenvalue weighted by atomic mass is 10.0. The van der Waals surface area contributed by atoms with Crippen molar-refractivity contribution < 1.29 is 4.79 Å². The molecule has 0 aliphatic carbocycles. The first-order valence-corrected chi connectivity index (χ1v) is 10.0. The molecule has 4 rings (SSSR count). The quantitative estimate of drug-likeness (QED) is 0.703. The van der Waals surface area contributed by atoms with E-state index in [1.807, 2.05) is 12.1 Å². The van der Waals surface area contributed by atoms with Gasteiger partial charge in [-0.1, -0.05) is 54.1 Å². The number of nitrogens with zero attached hydrogens (tertiary/aromatic N) is 2. The third kappa shape index (κ3) is 4.71. The van der Waals surface area contributed by atoms with Gasteiger partial charge in [0.25, 0.3) is 0 Å². The molecule has 0 spiro atoms. The van der Waals surface area contributed by atoms with Gasteiger partial charge in [-0.3, -0.25) is 14.6 Å². The topological polar surface area (TPSA) is 35.6 Å². The van der Waals surface area contributed by atoms with Crippen LogP contribution in [0.5, 0.6) is 0 Å². The normalized spacial score (nSPS) is 15.6. The molecule has 144 valence electrons. The molecule has 0 bridgehead atoms. The number of rotatable bonds is 5. The average Bonchev–Trinajstić information content (AvgIpc) is 2.71. The number of anilines is 1. The number of hydrogen-bond acceptors (Lipinski definition) is 3. The van der Waals surface area contributed by atoms with Gasteiger partial charge in [0.2, 0.25) is 5.91 Å². The number of hydrogen-bond donors (Lipinski definition) is 1. The highest BCUT2D eigenvalue weighted by atomic mass is 35.5.